The molecule has 0 atom stereocenters. The molecule has 94 valence electrons. The zero-order valence-corrected chi connectivity index (χ0v) is 10.9. The molecule has 2 aromatic rings. The molecule has 0 bridgehead atoms. The molecule has 0 aliphatic heterocycles. The summed E-state index contributed by atoms with van der Waals surface area (Å²) in [5, 5.41) is 1.82. The number of carbonyl (C=O) groups is 1. The van der Waals surface area contributed by atoms with Gasteiger partial charge in [0, 0.05) is 18.6 Å². The Morgan fingerprint density at radius 3 is 2.61 bits per heavy atom. The molecule has 2 rings (SSSR count). The summed E-state index contributed by atoms with van der Waals surface area (Å²) in [5.41, 5.74) is 1.21. The zero-order chi connectivity index (χ0) is 12.8. The number of aldehydes is 1. The molecule has 0 radical (unpaired) electrons. The molecule has 1 aromatic carbocycles. The minimum absolute atomic E-state index is 0.668. The molecule has 0 fully saturated rings. The first kappa shape index (κ1) is 12.8. The summed E-state index contributed by atoms with van der Waals surface area (Å²) in [6.45, 7) is 0.716. The van der Waals surface area contributed by atoms with Gasteiger partial charge >= 0.3 is 0 Å². The van der Waals surface area contributed by atoms with Crippen molar-refractivity contribution in [1.82, 2.24) is 0 Å². The number of carbonyl (C=O) groups excluding carboxylic acids is 1. The second-order valence-electron chi connectivity index (χ2n) is 3.79. The summed E-state index contributed by atoms with van der Waals surface area (Å²) in [6, 6.07) is 9.60. The van der Waals surface area contributed by atoms with E-state index >= 15 is 0 Å². The molecule has 0 saturated heterocycles. The van der Waals surface area contributed by atoms with Gasteiger partial charge in [0.15, 0.2) is 6.29 Å². The van der Waals surface area contributed by atoms with Gasteiger partial charge in [0.05, 0.1) is 11.5 Å². The molecule has 0 spiro atoms. The van der Waals surface area contributed by atoms with Crippen molar-refractivity contribution in [2.24, 2.45) is 0 Å². The SMILES string of the molecule is COCCc1ccc(Oc2csc(C=O)c2)cc1. The highest BCUT2D eigenvalue weighted by molar-refractivity contribution is 7.11. The molecule has 1 heterocycles. The van der Waals surface area contributed by atoms with Crippen LogP contribution in [0.5, 0.6) is 11.5 Å². The van der Waals surface area contributed by atoms with E-state index in [2.05, 4.69) is 0 Å². The predicted octanol–water partition coefficient (Wildman–Crippen LogP) is 3.54. The van der Waals surface area contributed by atoms with Crippen LogP contribution in [0, 0.1) is 0 Å². The number of hydrogen-bond acceptors (Lipinski definition) is 4. The Morgan fingerprint density at radius 1 is 1.22 bits per heavy atom. The normalized spacial score (nSPS) is 10.3. The number of thiophene rings is 1. The van der Waals surface area contributed by atoms with Gasteiger partial charge in [-0.1, -0.05) is 12.1 Å². The van der Waals surface area contributed by atoms with Gasteiger partial charge < -0.3 is 9.47 Å². The van der Waals surface area contributed by atoms with Crippen LogP contribution in [0.25, 0.3) is 0 Å². The van der Waals surface area contributed by atoms with E-state index in [9.17, 15) is 4.79 Å². The third-order valence-corrected chi connectivity index (χ3v) is 3.30. The van der Waals surface area contributed by atoms with Gasteiger partial charge in [-0.3, -0.25) is 4.79 Å². The Bertz CT molecular complexity index is 502. The predicted molar refractivity (Wildman–Crippen MR) is 71.8 cm³/mol. The Hall–Kier alpha value is -1.65. The summed E-state index contributed by atoms with van der Waals surface area (Å²) in [6.07, 6.45) is 1.72. The van der Waals surface area contributed by atoms with Gasteiger partial charge in [0.1, 0.15) is 11.5 Å². The molecule has 0 aliphatic rings. The maximum atomic E-state index is 10.6. The van der Waals surface area contributed by atoms with Crippen LogP contribution in [0.3, 0.4) is 0 Å². The maximum absolute atomic E-state index is 10.6. The molecule has 1 aromatic heterocycles. The molecule has 0 unspecified atom stereocenters. The fraction of sp³-hybridized carbons (Fsp3) is 0.214. The van der Waals surface area contributed by atoms with Crippen LogP contribution in [0.15, 0.2) is 35.7 Å². The van der Waals surface area contributed by atoms with Crippen molar-refractivity contribution >= 4 is 17.6 Å². The number of rotatable bonds is 6. The first-order valence-corrected chi connectivity index (χ1v) is 6.49. The van der Waals surface area contributed by atoms with Crippen molar-refractivity contribution in [2.45, 2.75) is 6.42 Å². The van der Waals surface area contributed by atoms with Crippen molar-refractivity contribution < 1.29 is 14.3 Å². The van der Waals surface area contributed by atoms with Crippen LogP contribution in [0.1, 0.15) is 15.2 Å². The van der Waals surface area contributed by atoms with Crippen LogP contribution in [-0.2, 0) is 11.2 Å². The Morgan fingerprint density at radius 2 is 2.00 bits per heavy atom. The van der Waals surface area contributed by atoms with E-state index < -0.39 is 0 Å². The fourth-order valence-corrected chi connectivity index (χ4v) is 2.14. The molecule has 0 N–H and O–H groups in total. The lowest BCUT2D eigenvalue weighted by Crippen LogP contribution is -1.93. The van der Waals surface area contributed by atoms with E-state index in [0.29, 0.717) is 17.2 Å². The van der Waals surface area contributed by atoms with E-state index in [0.717, 1.165) is 18.5 Å². The van der Waals surface area contributed by atoms with Crippen molar-refractivity contribution in [3.63, 3.8) is 0 Å². The summed E-state index contributed by atoms with van der Waals surface area (Å²) in [7, 11) is 1.69. The maximum Gasteiger partial charge on any atom is 0.160 e. The van der Waals surface area contributed by atoms with Crippen molar-refractivity contribution in [3.05, 3.63) is 46.2 Å². The average Bonchev–Trinajstić information content (AvgIpc) is 2.86. The number of benzene rings is 1. The minimum Gasteiger partial charge on any atom is -0.456 e. The average molecular weight is 262 g/mol. The van der Waals surface area contributed by atoms with E-state index in [4.69, 9.17) is 9.47 Å². The monoisotopic (exact) mass is 262 g/mol. The van der Waals surface area contributed by atoms with E-state index in [1.165, 1.54) is 16.9 Å². The smallest absolute Gasteiger partial charge is 0.160 e. The van der Waals surface area contributed by atoms with Gasteiger partial charge in [-0.2, -0.15) is 0 Å². The second kappa shape index (κ2) is 6.33. The highest BCUT2D eigenvalue weighted by Gasteiger charge is 2.01. The third kappa shape index (κ3) is 3.42. The standard InChI is InChI=1S/C14H14O3S/c1-16-7-6-11-2-4-12(5-3-11)17-13-8-14(9-15)18-10-13/h2-5,8-10H,6-7H2,1H3. The zero-order valence-electron chi connectivity index (χ0n) is 10.1. The van der Waals surface area contributed by atoms with E-state index in [1.54, 1.807) is 13.2 Å². The number of methoxy groups -OCH3 is 1. The van der Waals surface area contributed by atoms with E-state index in [1.807, 2.05) is 29.6 Å². The number of ether oxygens (including phenoxy) is 2. The second-order valence-corrected chi connectivity index (χ2v) is 4.73. The molecular weight excluding hydrogens is 248 g/mol. The van der Waals surface area contributed by atoms with Crippen LogP contribution < -0.4 is 4.74 Å². The first-order valence-electron chi connectivity index (χ1n) is 5.61. The van der Waals surface area contributed by atoms with Gasteiger partial charge in [-0.25, -0.2) is 0 Å². The van der Waals surface area contributed by atoms with Gasteiger partial charge in [0.25, 0.3) is 0 Å². The molecule has 0 saturated carbocycles. The highest BCUT2D eigenvalue weighted by Crippen LogP contribution is 2.26. The Labute approximate surface area is 110 Å². The lowest BCUT2D eigenvalue weighted by atomic mass is 10.1. The molecule has 18 heavy (non-hydrogen) atoms. The van der Waals surface area contributed by atoms with Crippen LogP contribution >= 0.6 is 11.3 Å². The number of hydrogen-bond donors (Lipinski definition) is 0. The highest BCUT2D eigenvalue weighted by atomic mass is 32.1. The summed E-state index contributed by atoms with van der Waals surface area (Å²) in [4.78, 5) is 11.2. The summed E-state index contributed by atoms with van der Waals surface area (Å²) >= 11 is 1.37. The van der Waals surface area contributed by atoms with Crippen molar-refractivity contribution in [1.29, 1.82) is 0 Å². The lowest BCUT2D eigenvalue weighted by molar-refractivity contribution is 0.112. The topological polar surface area (TPSA) is 35.5 Å². The Kier molecular flexibility index (Phi) is 4.50. The fourth-order valence-electron chi connectivity index (χ4n) is 1.53. The lowest BCUT2D eigenvalue weighted by Gasteiger charge is -2.04. The van der Waals surface area contributed by atoms with Crippen molar-refractivity contribution in [3.8, 4) is 11.5 Å². The molecule has 3 nitrogen and oxygen atoms in total. The first-order chi connectivity index (χ1) is 8.81. The van der Waals surface area contributed by atoms with Crippen LogP contribution in [0.2, 0.25) is 0 Å². The summed E-state index contributed by atoms with van der Waals surface area (Å²) in [5.74, 6) is 1.47. The van der Waals surface area contributed by atoms with Gasteiger partial charge in [-0.05, 0) is 24.1 Å². The minimum atomic E-state index is 0.668. The Balaban J connectivity index is 1.99. The largest absolute Gasteiger partial charge is 0.456 e. The molecule has 0 aliphatic carbocycles. The van der Waals surface area contributed by atoms with Crippen LogP contribution in [0.4, 0.5) is 0 Å². The van der Waals surface area contributed by atoms with Gasteiger partial charge in [-0.15, -0.1) is 11.3 Å². The third-order valence-electron chi connectivity index (χ3n) is 2.47. The van der Waals surface area contributed by atoms with E-state index in [-0.39, 0.29) is 0 Å². The molecular formula is C14H14O3S. The molecule has 4 heteroatoms. The summed E-state index contributed by atoms with van der Waals surface area (Å²) < 4.78 is 10.7. The van der Waals surface area contributed by atoms with Crippen molar-refractivity contribution in [2.75, 3.05) is 13.7 Å². The van der Waals surface area contributed by atoms with Gasteiger partial charge in [0.2, 0.25) is 0 Å². The quantitative estimate of drug-likeness (QED) is 0.747. The molecule has 0 amide bonds. The van der Waals surface area contributed by atoms with Crippen LogP contribution in [-0.4, -0.2) is 20.0 Å².